The van der Waals surface area contributed by atoms with Crippen LogP contribution in [-0.2, 0) is 34.5 Å². The maximum atomic E-state index is 14.4. The van der Waals surface area contributed by atoms with Crippen molar-refractivity contribution in [1.82, 2.24) is 39.2 Å². The van der Waals surface area contributed by atoms with Crippen LogP contribution in [0.15, 0.2) is 108 Å². The van der Waals surface area contributed by atoms with E-state index in [2.05, 4.69) is 30.1 Å². The Morgan fingerprint density at radius 1 is 0.444 bits per heavy atom. The van der Waals surface area contributed by atoms with E-state index in [4.69, 9.17) is 0 Å². The molecule has 8 rings (SSSR count). The Bertz CT molecular complexity index is 3000. The molecule has 0 fully saturated rings. The van der Waals surface area contributed by atoms with Gasteiger partial charge < -0.3 is 0 Å². The number of benzene rings is 2. The van der Waals surface area contributed by atoms with E-state index in [9.17, 15) is 61.1 Å². The third-order valence-electron chi connectivity index (χ3n) is 9.74. The van der Waals surface area contributed by atoms with E-state index < -0.39 is 67.1 Å². The molecule has 324 valence electrons. The number of pyridine rings is 2. The molecule has 0 aliphatic carbocycles. The smallest absolute Gasteiger partial charge is 0.239 e. The van der Waals surface area contributed by atoms with Crippen molar-refractivity contribution in [3.63, 3.8) is 0 Å². The second-order valence-corrected chi connectivity index (χ2v) is 15.7. The molecule has 6 aromatic heterocycles. The highest BCUT2D eigenvalue weighted by atomic mass is 32.2. The molecule has 0 saturated heterocycles. The fourth-order valence-electron chi connectivity index (χ4n) is 6.64. The number of alkyl halides is 12. The first kappa shape index (κ1) is 42.8. The van der Waals surface area contributed by atoms with Crippen molar-refractivity contribution in [3.8, 4) is 45.0 Å². The molecule has 63 heavy (non-hydrogen) atoms. The van der Waals surface area contributed by atoms with Crippen molar-refractivity contribution in [3.05, 3.63) is 131 Å². The second kappa shape index (κ2) is 14.6. The van der Waals surface area contributed by atoms with Gasteiger partial charge in [0.15, 0.2) is 0 Å². The number of halogens is 12. The molecule has 0 saturated carbocycles. The lowest BCUT2D eigenvalue weighted by Gasteiger charge is -2.12. The predicted octanol–water partition coefficient (Wildman–Crippen LogP) is 10.8. The molecule has 8 aromatic rings. The molecule has 0 amide bonds. The van der Waals surface area contributed by atoms with Gasteiger partial charge in [-0.05, 0) is 73.5 Å². The molecule has 6 heterocycles. The molecular formula is C40H22F12N8O2S. The van der Waals surface area contributed by atoms with Crippen LogP contribution in [0.5, 0.6) is 0 Å². The van der Waals surface area contributed by atoms with Gasteiger partial charge in [0.25, 0.3) is 20.2 Å². The molecule has 0 N–H and O–H groups in total. The lowest BCUT2D eigenvalue weighted by atomic mass is 10.0. The van der Waals surface area contributed by atoms with Gasteiger partial charge in [-0.3, -0.25) is 0 Å². The number of nitrogens with zero attached hydrogens (tertiary/aromatic N) is 8. The maximum absolute atomic E-state index is 14.4. The van der Waals surface area contributed by atoms with Crippen LogP contribution in [0.1, 0.15) is 33.4 Å². The van der Waals surface area contributed by atoms with Gasteiger partial charge in [-0.2, -0.15) is 62.9 Å². The van der Waals surface area contributed by atoms with Crippen LogP contribution < -0.4 is 0 Å². The van der Waals surface area contributed by atoms with Crippen LogP contribution in [0.4, 0.5) is 52.7 Å². The largest absolute Gasteiger partial charge is 0.417 e. The zero-order valence-electron chi connectivity index (χ0n) is 31.6. The van der Waals surface area contributed by atoms with Crippen molar-refractivity contribution in [2.45, 2.75) is 48.9 Å². The van der Waals surface area contributed by atoms with E-state index in [0.717, 1.165) is 94.2 Å². The normalized spacial score (nSPS) is 13.0. The minimum Gasteiger partial charge on any atom is -0.239 e. The first-order valence-electron chi connectivity index (χ1n) is 17.8. The van der Waals surface area contributed by atoms with Gasteiger partial charge in [-0.25, -0.2) is 37.4 Å². The SMILES string of the molecule is Cc1cnc(S(=O)(=O)c2ncc(C)c(-c3c(-c4ccc(C(F)(F)F)cc4)nn4cc(C(F)(F)F)ccc34)n2)nc1-c1c(-c2ccc(C(F)(F)F)cc2)nn2cc(C(F)(F)F)ccc12. The van der Waals surface area contributed by atoms with Crippen LogP contribution >= 0.6 is 0 Å². The number of aromatic nitrogens is 8. The number of rotatable bonds is 6. The van der Waals surface area contributed by atoms with E-state index in [-0.39, 0.29) is 67.2 Å². The number of fused-ring (bicyclic) bond motifs is 2. The summed E-state index contributed by atoms with van der Waals surface area (Å²) in [6.07, 6.45) is -15.8. The second-order valence-electron chi connectivity index (χ2n) is 14.0. The van der Waals surface area contributed by atoms with Gasteiger partial charge in [0.1, 0.15) is 11.4 Å². The Balaban J connectivity index is 1.29. The van der Waals surface area contributed by atoms with Gasteiger partial charge >= 0.3 is 24.7 Å². The van der Waals surface area contributed by atoms with Gasteiger partial charge in [0.2, 0.25) is 0 Å². The predicted molar refractivity (Wildman–Crippen MR) is 198 cm³/mol. The van der Waals surface area contributed by atoms with E-state index in [1.165, 1.54) is 13.8 Å². The number of hydrogen-bond donors (Lipinski definition) is 0. The average molecular weight is 907 g/mol. The van der Waals surface area contributed by atoms with Crippen LogP contribution in [0, 0.1) is 13.8 Å². The lowest BCUT2D eigenvalue weighted by molar-refractivity contribution is -0.138. The molecule has 0 aliphatic rings. The van der Waals surface area contributed by atoms with Gasteiger partial charge in [0.05, 0.1) is 55.8 Å². The van der Waals surface area contributed by atoms with Crippen LogP contribution in [0.3, 0.4) is 0 Å². The third-order valence-corrected chi connectivity index (χ3v) is 11.1. The van der Waals surface area contributed by atoms with Crippen molar-refractivity contribution >= 4 is 20.9 Å². The minimum atomic E-state index is -5.00. The van der Waals surface area contributed by atoms with Crippen molar-refractivity contribution in [1.29, 1.82) is 0 Å². The first-order valence-corrected chi connectivity index (χ1v) is 19.3. The fraction of sp³-hybridized carbons (Fsp3) is 0.150. The summed E-state index contributed by atoms with van der Waals surface area (Å²) in [5.41, 5.74) is -5.16. The van der Waals surface area contributed by atoms with E-state index in [0.29, 0.717) is 12.4 Å². The number of sulfone groups is 1. The Labute approximate surface area is 345 Å². The summed E-state index contributed by atoms with van der Waals surface area (Å²) in [6, 6.07) is 10.5. The van der Waals surface area contributed by atoms with Gasteiger partial charge in [-0.15, -0.1) is 0 Å². The highest BCUT2D eigenvalue weighted by Crippen LogP contribution is 2.42. The van der Waals surface area contributed by atoms with Crippen LogP contribution in [0.25, 0.3) is 56.1 Å². The van der Waals surface area contributed by atoms with Crippen LogP contribution in [-0.4, -0.2) is 47.6 Å². The van der Waals surface area contributed by atoms with E-state index in [1.807, 2.05) is 0 Å². The molecule has 0 atom stereocenters. The Morgan fingerprint density at radius 2 is 0.762 bits per heavy atom. The molecular weight excluding hydrogens is 885 g/mol. The summed E-state index contributed by atoms with van der Waals surface area (Å²) in [7, 11) is -5.00. The molecule has 0 bridgehead atoms. The lowest BCUT2D eigenvalue weighted by Crippen LogP contribution is -2.13. The summed E-state index contributed by atoms with van der Waals surface area (Å²) in [6.45, 7) is 2.85. The summed E-state index contributed by atoms with van der Waals surface area (Å²) in [5.74, 6) is 0. The highest BCUT2D eigenvalue weighted by Gasteiger charge is 2.36. The van der Waals surface area contributed by atoms with E-state index >= 15 is 0 Å². The number of aryl methyl sites for hydroxylation is 2. The Hall–Kier alpha value is -6.91. The summed E-state index contributed by atoms with van der Waals surface area (Å²) < 4.78 is 194. The van der Waals surface area contributed by atoms with Crippen molar-refractivity contribution in [2.75, 3.05) is 0 Å². The molecule has 2 aromatic carbocycles. The summed E-state index contributed by atoms with van der Waals surface area (Å²) >= 11 is 0. The third kappa shape index (κ3) is 7.80. The highest BCUT2D eigenvalue weighted by molar-refractivity contribution is 7.91. The number of hydrogen-bond acceptors (Lipinski definition) is 8. The fourth-order valence-corrected chi connectivity index (χ4v) is 7.61. The molecule has 23 heteroatoms. The topological polar surface area (TPSA) is 120 Å². The monoisotopic (exact) mass is 906 g/mol. The Morgan fingerprint density at radius 3 is 1.08 bits per heavy atom. The summed E-state index contributed by atoms with van der Waals surface area (Å²) in [5, 5.41) is 6.55. The van der Waals surface area contributed by atoms with E-state index in [1.54, 1.807) is 0 Å². The average Bonchev–Trinajstić information content (AvgIpc) is 3.78. The molecule has 10 nitrogen and oxygen atoms in total. The quantitative estimate of drug-likeness (QED) is 0.119. The molecule has 0 radical (unpaired) electrons. The Kier molecular flexibility index (Phi) is 9.91. The summed E-state index contributed by atoms with van der Waals surface area (Å²) in [4.78, 5) is 16.5. The van der Waals surface area contributed by atoms with Crippen molar-refractivity contribution in [2.24, 2.45) is 0 Å². The molecule has 0 aliphatic heterocycles. The standard InChI is InChI=1S/C40H22F12N8O2S/c1-19-15-53-35(55-31(19)29-27-13-11-25(39(47,48)49)17-59(27)57-33(29)21-3-7-23(8-4-21)37(41,42)43)63(61,62)36-54-16-20(2)32(56-36)30-28-14-12-26(40(50,51)52)18-60(28)58-34(30)22-5-9-24(10-6-22)38(44,45)46/h3-18H,1-2H3. The zero-order chi connectivity index (χ0) is 45.6. The minimum absolute atomic E-state index is 0.0104. The first-order chi connectivity index (χ1) is 29.3. The molecule has 0 unspecified atom stereocenters. The maximum Gasteiger partial charge on any atom is 0.417 e. The van der Waals surface area contributed by atoms with Crippen molar-refractivity contribution < 1.29 is 61.1 Å². The van der Waals surface area contributed by atoms with Gasteiger partial charge in [0, 0.05) is 35.9 Å². The molecule has 0 spiro atoms. The van der Waals surface area contributed by atoms with Gasteiger partial charge in [-0.1, -0.05) is 24.3 Å². The van der Waals surface area contributed by atoms with Crippen LogP contribution in [0.2, 0.25) is 0 Å². The zero-order valence-corrected chi connectivity index (χ0v) is 32.4.